The minimum Gasteiger partial charge on any atom is -0.482 e. The SMILES string of the molecule is CCC[C@H](O)CC[C@@H]1[C@H]2Cc3cccc(OCC(=O)O)c3C[C@H]2C[C@H]1OC(=O)C1CC1. The van der Waals surface area contributed by atoms with Crippen molar-refractivity contribution in [2.75, 3.05) is 6.61 Å². The number of benzene rings is 1. The smallest absolute Gasteiger partial charge is 0.341 e. The molecule has 3 aliphatic carbocycles. The number of ether oxygens (including phenoxy) is 2. The molecule has 2 fully saturated rings. The highest BCUT2D eigenvalue weighted by molar-refractivity contribution is 5.75. The van der Waals surface area contributed by atoms with Crippen molar-refractivity contribution in [2.24, 2.45) is 23.7 Å². The third kappa shape index (κ3) is 5.22. The summed E-state index contributed by atoms with van der Waals surface area (Å²) in [5.41, 5.74) is 2.31. The lowest BCUT2D eigenvalue weighted by Gasteiger charge is -2.32. The molecule has 4 rings (SSSR count). The minimum absolute atomic E-state index is 0.0502. The molecule has 2 saturated carbocycles. The van der Waals surface area contributed by atoms with E-state index in [0.717, 1.165) is 63.4 Å². The van der Waals surface area contributed by atoms with Crippen molar-refractivity contribution in [3.63, 3.8) is 0 Å². The van der Waals surface area contributed by atoms with Gasteiger partial charge in [0.15, 0.2) is 6.61 Å². The lowest BCUT2D eigenvalue weighted by atomic mass is 9.73. The van der Waals surface area contributed by atoms with Crippen LogP contribution in [0.25, 0.3) is 0 Å². The highest BCUT2D eigenvalue weighted by Crippen LogP contribution is 2.50. The van der Waals surface area contributed by atoms with Gasteiger partial charge in [-0.05, 0) is 86.3 Å². The minimum atomic E-state index is -0.982. The first-order chi connectivity index (χ1) is 15.0. The summed E-state index contributed by atoms with van der Waals surface area (Å²) in [6, 6.07) is 5.88. The summed E-state index contributed by atoms with van der Waals surface area (Å²) < 4.78 is 11.6. The van der Waals surface area contributed by atoms with E-state index in [0.29, 0.717) is 17.6 Å². The number of fused-ring (bicyclic) bond motifs is 2. The molecule has 1 aromatic rings. The molecule has 6 nitrogen and oxygen atoms in total. The second-order valence-electron chi connectivity index (χ2n) is 9.58. The molecular weight excluding hydrogens is 396 g/mol. The van der Waals surface area contributed by atoms with Gasteiger partial charge in [-0.3, -0.25) is 4.79 Å². The monoisotopic (exact) mass is 430 g/mol. The maximum Gasteiger partial charge on any atom is 0.341 e. The Morgan fingerprint density at radius 1 is 1.19 bits per heavy atom. The van der Waals surface area contributed by atoms with Crippen LogP contribution >= 0.6 is 0 Å². The highest BCUT2D eigenvalue weighted by atomic mass is 16.5. The van der Waals surface area contributed by atoms with Gasteiger partial charge in [-0.25, -0.2) is 4.79 Å². The molecule has 5 atom stereocenters. The van der Waals surface area contributed by atoms with Crippen LogP contribution in [0.2, 0.25) is 0 Å². The Morgan fingerprint density at radius 2 is 2.00 bits per heavy atom. The molecule has 170 valence electrons. The van der Waals surface area contributed by atoms with E-state index < -0.39 is 5.97 Å². The van der Waals surface area contributed by atoms with Gasteiger partial charge in [-0.1, -0.05) is 25.5 Å². The van der Waals surface area contributed by atoms with Crippen LogP contribution in [-0.4, -0.2) is 41.0 Å². The van der Waals surface area contributed by atoms with Crippen molar-refractivity contribution in [1.29, 1.82) is 0 Å². The summed E-state index contributed by atoms with van der Waals surface area (Å²) in [5.74, 6) is 0.765. The number of carbonyl (C=O) groups excluding carboxylic acids is 1. The van der Waals surface area contributed by atoms with E-state index >= 15 is 0 Å². The van der Waals surface area contributed by atoms with E-state index in [-0.39, 0.29) is 36.6 Å². The maximum atomic E-state index is 12.4. The van der Waals surface area contributed by atoms with Crippen molar-refractivity contribution >= 4 is 11.9 Å². The third-order valence-corrected chi connectivity index (χ3v) is 7.30. The Morgan fingerprint density at radius 3 is 2.71 bits per heavy atom. The zero-order valence-electron chi connectivity index (χ0n) is 18.3. The molecule has 0 saturated heterocycles. The molecular formula is C25H34O6. The molecule has 0 heterocycles. The summed E-state index contributed by atoms with van der Waals surface area (Å²) in [4.78, 5) is 23.4. The van der Waals surface area contributed by atoms with Gasteiger partial charge in [0.1, 0.15) is 11.9 Å². The fourth-order valence-corrected chi connectivity index (χ4v) is 5.61. The fourth-order valence-electron chi connectivity index (χ4n) is 5.61. The molecule has 0 spiro atoms. The first kappa shape index (κ1) is 22.1. The van der Waals surface area contributed by atoms with Crippen molar-refractivity contribution in [3.8, 4) is 5.75 Å². The van der Waals surface area contributed by atoms with Crippen LogP contribution in [0.3, 0.4) is 0 Å². The first-order valence-corrected chi connectivity index (χ1v) is 11.8. The number of carboxylic acid groups (broad SMARTS) is 1. The quantitative estimate of drug-likeness (QED) is 0.549. The Kier molecular flexibility index (Phi) is 6.85. The van der Waals surface area contributed by atoms with Crippen molar-refractivity contribution in [3.05, 3.63) is 29.3 Å². The number of aliphatic carboxylic acids is 1. The highest BCUT2D eigenvalue weighted by Gasteiger charge is 2.48. The number of esters is 1. The number of hydrogen-bond donors (Lipinski definition) is 2. The maximum absolute atomic E-state index is 12.4. The average Bonchev–Trinajstić information content (AvgIpc) is 3.53. The van der Waals surface area contributed by atoms with E-state index in [1.807, 2.05) is 12.1 Å². The number of carboxylic acids is 1. The van der Waals surface area contributed by atoms with Crippen LogP contribution in [0.15, 0.2) is 18.2 Å². The van der Waals surface area contributed by atoms with Gasteiger partial charge in [0, 0.05) is 0 Å². The van der Waals surface area contributed by atoms with Crippen LogP contribution in [0.1, 0.15) is 63.0 Å². The predicted octanol–water partition coefficient (Wildman–Crippen LogP) is 3.76. The normalized spacial score (nSPS) is 27.8. The molecule has 6 heteroatoms. The second-order valence-corrected chi connectivity index (χ2v) is 9.58. The van der Waals surface area contributed by atoms with Crippen LogP contribution < -0.4 is 4.74 Å². The molecule has 1 aromatic carbocycles. The molecule has 0 amide bonds. The molecule has 0 aliphatic heterocycles. The summed E-state index contributed by atoms with van der Waals surface area (Å²) in [6.07, 6.45) is 7.42. The van der Waals surface area contributed by atoms with E-state index in [9.17, 15) is 14.7 Å². The van der Waals surface area contributed by atoms with Gasteiger partial charge >= 0.3 is 11.9 Å². The Hall–Kier alpha value is -2.08. The van der Waals surface area contributed by atoms with Crippen LogP contribution in [0.5, 0.6) is 5.75 Å². The fraction of sp³-hybridized carbons (Fsp3) is 0.680. The Balaban J connectivity index is 1.50. The lowest BCUT2D eigenvalue weighted by Crippen LogP contribution is -2.30. The zero-order valence-corrected chi connectivity index (χ0v) is 18.3. The summed E-state index contributed by atoms with van der Waals surface area (Å²) in [5, 5.41) is 19.3. The van der Waals surface area contributed by atoms with Crippen LogP contribution in [-0.2, 0) is 27.2 Å². The lowest BCUT2D eigenvalue weighted by molar-refractivity contribution is -0.153. The third-order valence-electron chi connectivity index (χ3n) is 7.30. The van der Waals surface area contributed by atoms with E-state index in [4.69, 9.17) is 14.6 Å². The van der Waals surface area contributed by atoms with Crippen molar-refractivity contribution < 1.29 is 29.3 Å². The summed E-state index contributed by atoms with van der Waals surface area (Å²) >= 11 is 0. The predicted molar refractivity (Wildman–Crippen MR) is 115 cm³/mol. The topological polar surface area (TPSA) is 93.1 Å². The number of aliphatic hydroxyl groups is 1. The van der Waals surface area contributed by atoms with Gasteiger partial charge in [0.2, 0.25) is 0 Å². The molecule has 0 radical (unpaired) electrons. The summed E-state index contributed by atoms with van der Waals surface area (Å²) in [6.45, 7) is 1.74. The van der Waals surface area contributed by atoms with E-state index in [2.05, 4.69) is 13.0 Å². The molecule has 2 N–H and O–H groups in total. The molecule has 3 aliphatic rings. The van der Waals surface area contributed by atoms with Gasteiger partial charge in [-0.15, -0.1) is 0 Å². The van der Waals surface area contributed by atoms with E-state index in [1.54, 1.807) is 0 Å². The van der Waals surface area contributed by atoms with Crippen LogP contribution in [0, 0.1) is 23.7 Å². The van der Waals surface area contributed by atoms with Gasteiger partial charge < -0.3 is 19.7 Å². The average molecular weight is 431 g/mol. The molecule has 31 heavy (non-hydrogen) atoms. The summed E-state index contributed by atoms with van der Waals surface area (Å²) in [7, 11) is 0. The van der Waals surface area contributed by atoms with Gasteiger partial charge in [-0.2, -0.15) is 0 Å². The Bertz CT molecular complexity index is 801. The number of carbonyl (C=O) groups is 2. The largest absolute Gasteiger partial charge is 0.482 e. The number of aliphatic hydroxyl groups excluding tert-OH is 1. The van der Waals surface area contributed by atoms with Gasteiger partial charge in [0.05, 0.1) is 12.0 Å². The Labute approximate surface area is 183 Å². The van der Waals surface area contributed by atoms with Gasteiger partial charge in [0.25, 0.3) is 0 Å². The van der Waals surface area contributed by atoms with Crippen molar-refractivity contribution in [1.82, 2.24) is 0 Å². The zero-order chi connectivity index (χ0) is 22.0. The molecule has 0 aromatic heterocycles. The van der Waals surface area contributed by atoms with Crippen molar-refractivity contribution in [2.45, 2.75) is 76.9 Å². The standard InChI is InChI=1S/C25H34O6/c1-2-4-18(26)9-10-19-20-11-16-5-3-6-22(30-14-24(27)28)21(16)12-17(20)13-23(19)31-25(29)15-7-8-15/h3,5-6,15,17-20,23,26H,2,4,7-14H2,1H3,(H,27,28)/t17-,18-,19+,20-,23+/m0/s1. The van der Waals surface area contributed by atoms with Crippen LogP contribution in [0.4, 0.5) is 0 Å². The number of rotatable bonds is 10. The second kappa shape index (κ2) is 9.60. The number of hydrogen-bond acceptors (Lipinski definition) is 5. The van der Waals surface area contributed by atoms with E-state index in [1.165, 1.54) is 5.56 Å². The molecule has 0 bridgehead atoms. The molecule has 0 unspecified atom stereocenters. The first-order valence-electron chi connectivity index (χ1n) is 11.8.